The van der Waals surface area contributed by atoms with Gasteiger partial charge in [0.05, 0.1) is 0 Å². The van der Waals surface area contributed by atoms with Crippen LogP contribution in [0.4, 0.5) is 0 Å². The Labute approximate surface area is 83.1 Å². The molecule has 4 atom stereocenters. The van der Waals surface area contributed by atoms with Crippen molar-refractivity contribution < 1.29 is 0 Å². The van der Waals surface area contributed by atoms with Crippen LogP contribution in [0.1, 0.15) is 58.8 Å². The molecule has 2 aliphatic carbocycles. The van der Waals surface area contributed by atoms with Crippen molar-refractivity contribution in [3.05, 3.63) is 0 Å². The highest BCUT2D eigenvalue weighted by Gasteiger charge is 2.40. The van der Waals surface area contributed by atoms with Gasteiger partial charge < -0.3 is 0 Å². The number of rotatable bonds is 2. The largest absolute Gasteiger partial charge is 0.0654 e. The topological polar surface area (TPSA) is 0 Å². The van der Waals surface area contributed by atoms with Gasteiger partial charge in [0.1, 0.15) is 0 Å². The van der Waals surface area contributed by atoms with Crippen LogP contribution < -0.4 is 0 Å². The third kappa shape index (κ3) is 1.78. The van der Waals surface area contributed by atoms with Gasteiger partial charge in [-0.25, -0.2) is 0 Å². The van der Waals surface area contributed by atoms with E-state index in [-0.39, 0.29) is 0 Å². The van der Waals surface area contributed by atoms with E-state index in [1.807, 2.05) is 0 Å². The Morgan fingerprint density at radius 3 is 2.69 bits per heavy atom. The highest BCUT2D eigenvalue weighted by atomic mass is 14.5. The lowest BCUT2D eigenvalue weighted by atomic mass is 9.71. The summed E-state index contributed by atoms with van der Waals surface area (Å²) in [6.45, 7) is 4.85. The van der Waals surface area contributed by atoms with Gasteiger partial charge in [-0.05, 0) is 36.5 Å². The maximum Gasteiger partial charge on any atom is -0.0332 e. The molecule has 0 heteroatoms. The first-order valence-electron chi connectivity index (χ1n) is 6.33. The average molecular weight is 180 g/mol. The number of fused-ring (bicyclic) bond motifs is 1. The Balaban J connectivity index is 2.00. The molecule has 2 aliphatic rings. The van der Waals surface area contributed by atoms with E-state index in [1.54, 1.807) is 19.3 Å². The van der Waals surface area contributed by atoms with Crippen molar-refractivity contribution in [2.24, 2.45) is 23.7 Å². The van der Waals surface area contributed by atoms with E-state index in [1.165, 1.54) is 25.7 Å². The third-order valence-corrected chi connectivity index (χ3v) is 4.55. The summed E-state index contributed by atoms with van der Waals surface area (Å²) in [5.41, 5.74) is 0. The van der Waals surface area contributed by atoms with Crippen molar-refractivity contribution in [2.75, 3.05) is 0 Å². The molecule has 0 aromatic carbocycles. The summed E-state index contributed by atoms with van der Waals surface area (Å²) >= 11 is 0. The van der Waals surface area contributed by atoms with Crippen LogP contribution in [0.3, 0.4) is 0 Å². The van der Waals surface area contributed by atoms with Gasteiger partial charge in [-0.2, -0.15) is 0 Å². The van der Waals surface area contributed by atoms with Crippen LogP contribution in [0.25, 0.3) is 0 Å². The Morgan fingerprint density at radius 2 is 1.92 bits per heavy atom. The van der Waals surface area contributed by atoms with E-state index in [2.05, 4.69) is 13.8 Å². The maximum atomic E-state index is 2.50. The predicted octanol–water partition coefficient (Wildman–Crippen LogP) is 4.25. The molecule has 0 aliphatic heterocycles. The van der Waals surface area contributed by atoms with Crippen molar-refractivity contribution in [1.29, 1.82) is 0 Å². The van der Waals surface area contributed by atoms with Crippen LogP contribution in [0.15, 0.2) is 0 Å². The highest BCUT2D eigenvalue weighted by Crippen LogP contribution is 2.49. The standard InChI is InChI=1S/C13H24/c1-3-5-11-8-9-12-7-4-6-10(2)13(11)12/h10-13H,3-9H2,1-2H3. The summed E-state index contributed by atoms with van der Waals surface area (Å²) < 4.78 is 0. The molecule has 0 radical (unpaired) electrons. The summed E-state index contributed by atoms with van der Waals surface area (Å²) in [4.78, 5) is 0. The van der Waals surface area contributed by atoms with Gasteiger partial charge >= 0.3 is 0 Å². The number of hydrogen-bond acceptors (Lipinski definition) is 0. The lowest BCUT2D eigenvalue weighted by Gasteiger charge is -2.35. The summed E-state index contributed by atoms with van der Waals surface area (Å²) in [5, 5.41) is 0. The Kier molecular flexibility index (Phi) is 2.96. The minimum Gasteiger partial charge on any atom is -0.0654 e. The van der Waals surface area contributed by atoms with E-state index in [4.69, 9.17) is 0 Å². The first kappa shape index (κ1) is 9.55. The quantitative estimate of drug-likeness (QED) is 0.596. The fourth-order valence-corrected chi connectivity index (χ4v) is 4.07. The molecule has 76 valence electrons. The van der Waals surface area contributed by atoms with E-state index in [0.717, 1.165) is 23.7 Å². The lowest BCUT2D eigenvalue weighted by Crippen LogP contribution is -2.26. The van der Waals surface area contributed by atoms with Crippen LogP contribution >= 0.6 is 0 Å². The zero-order valence-corrected chi connectivity index (χ0v) is 9.26. The zero-order chi connectivity index (χ0) is 9.26. The lowest BCUT2D eigenvalue weighted by molar-refractivity contribution is 0.149. The smallest absolute Gasteiger partial charge is 0.0332 e. The van der Waals surface area contributed by atoms with Crippen molar-refractivity contribution in [3.63, 3.8) is 0 Å². The first-order chi connectivity index (χ1) is 6.33. The van der Waals surface area contributed by atoms with Crippen LogP contribution in [0.2, 0.25) is 0 Å². The van der Waals surface area contributed by atoms with E-state index in [0.29, 0.717) is 0 Å². The molecule has 2 fully saturated rings. The summed E-state index contributed by atoms with van der Waals surface area (Å²) in [6, 6.07) is 0. The van der Waals surface area contributed by atoms with E-state index < -0.39 is 0 Å². The van der Waals surface area contributed by atoms with Gasteiger partial charge in [0, 0.05) is 0 Å². The minimum absolute atomic E-state index is 1.04. The molecule has 0 heterocycles. The molecule has 0 nitrogen and oxygen atoms in total. The second kappa shape index (κ2) is 4.02. The zero-order valence-electron chi connectivity index (χ0n) is 9.26. The SMILES string of the molecule is CCCC1CCC2CCCC(C)C12. The van der Waals surface area contributed by atoms with E-state index in [9.17, 15) is 0 Å². The molecule has 2 saturated carbocycles. The Hall–Kier alpha value is 0. The normalized spacial score (nSPS) is 44.8. The van der Waals surface area contributed by atoms with Gasteiger partial charge in [-0.15, -0.1) is 0 Å². The van der Waals surface area contributed by atoms with Gasteiger partial charge in [0.25, 0.3) is 0 Å². The second-order valence-corrected chi connectivity index (χ2v) is 5.37. The van der Waals surface area contributed by atoms with Crippen molar-refractivity contribution in [1.82, 2.24) is 0 Å². The van der Waals surface area contributed by atoms with Crippen molar-refractivity contribution in [3.8, 4) is 0 Å². The highest BCUT2D eigenvalue weighted by molar-refractivity contribution is 4.90. The van der Waals surface area contributed by atoms with Crippen molar-refractivity contribution >= 4 is 0 Å². The summed E-state index contributed by atoms with van der Waals surface area (Å²) in [6.07, 6.45) is 10.6. The molecule has 0 spiro atoms. The van der Waals surface area contributed by atoms with Gasteiger partial charge in [0.2, 0.25) is 0 Å². The van der Waals surface area contributed by atoms with Gasteiger partial charge in [-0.1, -0.05) is 46.0 Å². The maximum absolute atomic E-state index is 2.50. The molecule has 13 heavy (non-hydrogen) atoms. The van der Waals surface area contributed by atoms with Crippen LogP contribution in [-0.4, -0.2) is 0 Å². The van der Waals surface area contributed by atoms with Crippen molar-refractivity contribution in [2.45, 2.75) is 58.8 Å². The third-order valence-electron chi connectivity index (χ3n) is 4.55. The van der Waals surface area contributed by atoms with Crippen LogP contribution in [-0.2, 0) is 0 Å². The molecule has 0 N–H and O–H groups in total. The summed E-state index contributed by atoms with van der Waals surface area (Å²) in [5.74, 6) is 4.39. The monoisotopic (exact) mass is 180 g/mol. The molecule has 0 amide bonds. The minimum atomic E-state index is 1.04. The van der Waals surface area contributed by atoms with Gasteiger partial charge in [-0.3, -0.25) is 0 Å². The number of hydrogen-bond donors (Lipinski definition) is 0. The molecule has 0 saturated heterocycles. The fourth-order valence-electron chi connectivity index (χ4n) is 4.07. The van der Waals surface area contributed by atoms with Crippen LogP contribution in [0, 0.1) is 23.7 Å². The summed E-state index contributed by atoms with van der Waals surface area (Å²) in [7, 11) is 0. The molecule has 0 aromatic rings. The van der Waals surface area contributed by atoms with E-state index >= 15 is 0 Å². The molecule has 0 bridgehead atoms. The molecular weight excluding hydrogens is 156 g/mol. The van der Waals surface area contributed by atoms with Gasteiger partial charge in [0.15, 0.2) is 0 Å². The Bertz CT molecular complexity index is 161. The molecular formula is C13H24. The van der Waals surface area contributed by atoms with Crippen LogP contribution in [0.5, 0.6) is 0 Å². The first-order valence-corrected chi connectivity index (χ1v) is 6.33. The Morgan fingerprint density at radius 1 is 1.08 bits per heavy atom. The average Bonchev–Trinajstić information content (AvgIpc) is 2.51. The second-order valence-electron chi connectivity index (χ2n) is 5.37. The molecule has 0 aromatic heterocycles. The molecule has 4 unspecified atom stereocenters. The predicted molar refractivity (Wildman–Crippen MR) is 57.6 cm³/mol. The molecule has 2 rings (SSSR count). The fraction of sp³-hybridized carbons (Fsp3) is 1.00.